The lowest BCUT2D eigenvalue weighted by Gasteiger charge is -2.32. The van der Waals surface area contributed by atoms with E-state index in [2.05, 4.69) is 22.3 Å². The second kappa shape index (κ2) is 10.3. The number of hydrogen-bond donors (Lipinski definition) is 1. The third kappa shape index (κ3) is 5.61. The van der Waals surface area contributed by atoms with Crippen molar-refractivity contribution < 1.29 is 13.9 Å². The number of halogens is 1. The summed E-state index contributed by atoms with van der Waals surface area (Å²) >= 11 is 0. The summed E-state index contributed by atoms with van der Waals surface area (Å²) < 4.78 is 24.3. The SMILES string of the molecule is COc1ccc(CCN2CCC(CCNc3ccccc3F)CC2)cc1OC. The minimum Gasteiger partial charge on any atom is -0.493 e. The van der Waals surface area contributed by atoms with E-state index in [0.717, 1.165) is 56.4 Å². The molecule has 1 saturated heterocycles. The van der Waals surface area contributed by atoms with Gasteiger partial charge in [0, 0.05) is 13.1 Å². The van der Waals surface area contributed by atoms with E-state index >= 15 is 0 Å². The van der Waals surface area contributed by atoms with Crippen LogP contribution in [0.1, 0.15) is 24.8 Å². The summed E-state index contributed by atoms with van der Waals surface area (Å²) in [7, 11) is 3.33. The normalized spacial score (nSPS) is 15.4. The monoisotopic (exact) mass is 386 g/mol. The molecule has 2 aromatic carbocycles. The fraction of sp³-hybridized carbons (Fsp3) is 0.478. The average molecular weight is 387 g/mol. The highest BCUT2D eigenvalue weighted by atomic mass is 19.1. The van der Waals surface area contributed by atoms with Gasteiger partial charge in [-0.2, -0.15) is 0 Å². The molecule has 0 aromatic heterocycles. The van der Waals surface area contributed by atoms with Crippen LogP contribution >= 0.6 is 0 Å². The first-order valence-corrected chi connectivity index (χ1v) is 10.1. The van der Waals surface area contributed by atoms with Gasteiger partial charge in [-0.3, -0.25) is 0 Å². The maximum Gasteiger partial charge on any atom is 0.160 e. The number of likely N-dealkylation sites (tertiary alicyclic amines) is 1. The van der Waals surface area contributed by atoms with Crippen molar-refractivity contribution in [1.82, 2.24) is 4.90 Å². The molecular formula is C23H31FN2O2. The Kier molecular flexibility index (Phi) is 7.54. The minimum atomic E-state index is -0.174. The van der Waals surface area contributed by atoms with Crippen LogP contribution in [0.2, 0.25) is 0 Å². The molecule has 1 aliphatic heterocycles. The molecule has 0 saturated carbocycles. The molecule has 0 spiro atoms. The number of para-hydroxylation sites is 1. The summed E-state index contributed by atoms with van der Waals surface area (Å²) in [5.41, 5.74) is 1.88. The fourth-order valence-corrected chi connectivity index (χ4v) is 3.84. The number of benzene rings is 2. The van der Waals surface area contributed by atoms with Gasteiger partial charge < -0.3 is 19.7 Å². The molecule has 0 amide bonds. The van der Waals surface area contributed by atoms with Crippen molar-refractivity contribution in [3.05, 3.63) is 53.8 Å². The molecule has 0 radical (unpaired) electrons. The van der Waals surface area contributed by atoms with Crippen LogP contribution < -0.4 is 14.8 Å². The molecule has 1 heterocycles. The first-order valence-electron chi connectivity index (χ1n) is 10.1. The van der Waals surface area contributed by atoms with E-state index in [0.29, 0.717) is 5.69 Å². The highest BCUT2D eigenvalue weighted by Gasteiger charge is 2.19. The van der Waals surface area contributed by atoms with Gasteiger partial charge >= 0.3 is 0 Å². The van der Waals surface area contributed by atoms with Crippen molar-refractivity contribution in [3.63, 3.8) is 0 Å². The molecule has 1 fully saturated rings. The first-order chi connectivity index (χ1) is 13.7. The Morgan fingerprint density at radius 2 is 1.79 bits per heavy atom. The van der Waals surface area contributed by atoms with Crippen LogP contribution in [0.4, 0.5) is 10.1 Å². The lowest BCUT2D eigenvalue weighted by atomic mass is 9.93. The van der Waals surface area contributed by atoms with Crippen LogP contribution in [0.25, 0.3) is 0 Å². The number of rotatable bonds is 9. The van der Waals surface area contributed by atoms with E-state index in [9.17, 15) is 4.39 Å². The van der Waals surface area contributed by atoms with Gasteiger partial charge in [-0.25, -0.2) is 4.39 Å². The zero-order chi connectivity index (χ0) is 19.8. The van der Waals surface area contributed by atoms with Crippen LogP contribution in [-0.4, -0.2) is 45.3 Å². The first kappa shape index (κ1) is 20.5. The third-order valence-electron chi connectivity index (χ3n) is 5.61. The molecule has 2 aromatic rings. The Balaban J connectivity index is 1.37. The van der Waals surface area contributed by atoms with Gasteiger partial charge in [0.2, 0.25) is 0 Å². The van der Waals surface area contributed by atoms with Gasteiger partial charge in [-0.15, -0.1) is 0 Å². The molecule has 1 N–H and O–H groups in total. The summed E-state index contributed by atoms with van der Waals surface area (Å²) in [6, 6.07) is 13.0. The molecule has 0 aliphatic carbocycles. The number of piperidine rings is 1. The molecule has 0 atom stereocenters. The maximum atomic E-state index is 13.6. The fourth-order valence-electron chi connectivity index (χ4n) is 3.84. The van der Waals surface area contributed by atoms with Gasteiger partial charge in [0.05, 0.1) is 19.9 Å². The van der Waals surface area contributed by atoms with E-state index < -0.39 is 0 Å². The Bertz CT molecular complexity index is 745. The minimum absolute atomic E-state index is 0.174. The molecule has 4 nitrogen and oxygen atoms in total. The van der Waals surface area contributed by atoms with Crippen LogP contribution in [-0.2, 0) is 6.42 Å². The molecule has 5 heteroatoms. The van der Waals surface area contributed by atoms with Gasteiger partial charge in [-0.05, 0) is 74.5 Å². The van der Waals surface area contributed by atoms with E-state index in [1.165, 1.54) is 24.5 Å². The van der Waals surface area contributed by atoms with Crippen molar-refractivity contribution >= 4 is 5.69 Å². The average Bonchev–Trinajstić information content (AvgIpc) is 2.74. The lowest BCUT2D eigenvalue weighted by Crippen LogP contribution is -2.35. The Labute approximate surface area is 167 Å². The van der Waals surface area contributed by atoms with Crippen molar-refractivity contribution in [2.45, 2.75) is 25.7 Å². The number of anilines is 1. The van der Waals surface area contributed by atoms with E-state index in [4.69, 9.17) is 9.47 Å². The Morgan fingerprint density at radius 3 is 2.50 bits per heavy atom. The largest absolute Gasteiger partial charge is 0.493 e. The highest BCUT2D eigenvalue weighted by Crippen LogP contribution is 2.28. The standard InChI is InChI=1S/C23H31FN2O2/c1-27-22-8-7-19(17-23(22)28-2)12-16-26-14-10-18(11-15-26)9-13-25-21-6-4-3-5-20(21)24/h3-8,17-18,25H,9-16H2,1-2H3. The van der Waals surface area contributed by atoms with Crippen molar-refractivity contribution in [1.29, 1.82) is 0 Å². The van der Waals surface area contributed by atoms with Crippen LogP contribution in [0.15, 0.2) is 42.5 Å². The van der Waals surface area contributed by atoms with Gasteiger partial charge in [-0.1, -0.05) is 18.2 Å². The zero-order valence-electron chi connectivity index (χ0n) is 16.9. The molecule has 1 aliphatic rings. The molecule has 0 bridgehead atoms. The molecule has 152 valence electrons. The summed E-state index contributed by atoms with van der Waals surface area (Å²) in [6.45, 7) is 4.17. The van der Waals surface area contributed by atoms with E-state index in [1.807, 2.05) is 12.1 Å². The maximum absolute atomic E-state index is 13.6. The topological polar surface area (TPSA) is 33.7 Å². The third-order valence-corrected chi connectivity index (χ3v) is 5.61. The smallest absolute Gasteiger partial charge is 0.160 e. The van der Waals surface area contributed by atoms with Crippen LogP contribution in [0.5, 0.6) is 11.5 Å². The molecular weight excluding hydrogens is 355 g/mol. The van der Waals surface area contributed by atoms with Gasteiger partial charge in [0.15, 0.2) is 11.5 Å². The lowest BCUT2D eigenvalue weighted by molar-refractivity contribution is 0.183. The predicted molar refractivity (Wildman–Crippen MR) is 112 cm³/mol. The molecule has 0 unspecified atom stereocenters. The van der Waals surface area contributed by atoms with Crippen molar-refractivity contribution in [2.75, 3.05) is 45.7 Å². The summed E-state index contributed by atoms with van der Waals surface area (Å²) in [5, 5.41) is 3.23. The van der Waals surface area contributed by atoms with E-state index in [-0.39, 0.29) is 5.82 Å². The Hall–Kier alpha value is -2.27. The number of nitrogens with one attached hydrogen (secondary N) is 1. The Morgan fingerprint density at radius 1 is 1.04 bits per heavy atom. The number of ether oxygens (including phenoxy) is 2. The number of nitrogens with zero attached hydrogens (tertiary/aromatic N) is 1. The van der Waals surface area contributed by atoms with Gasteiger partial charge in [0.1, 0.15) is 5.82 Å². The summed E-state index contributed by atoms with van der Waals surface area (Å²) in [6.07, 6.45) is 4.54. The van der Waals surface area contributed by atoms with Crippen LogP contribution in [0, 0.1) is 11.7 Å². The molecule has 28 heavy (non-hydrogen) atoms. The van der Waals surface area contributed by atoms with Crippen LogP contribution in [0.3, 0.4) is 0 Å². The quantitative estimate of drug-likeness (QED) is 0.683. The van der Waals surface area contributed by atoms with Crippen molar-refractivity contribution in [3.8, 4) is 11.5 Å². The number of methoxy groups -OCH3 is 2. The second-order valence-corrected chi connectivity index (χ2v) is 7.42. The zero-order valence-corrected chi connectivity index (χ0v) is 16.9. The highest BCUT2D eigenvalue weighted by molar-refractivity contribution is 5.44. The number of hydrogen-bond acceptors (Lipinski definition) is 4. The van der Waals surface area contributed by atoms with Gasteiger partial charge in [0.25, 0.3) is 0 Å². The van der Waals surface area contributed by atoms with Crippen molar-refractivity contribution in [2.24, 2.45) is 5.92 Å². The molecule has 3 rings (SSSR count). The summed E-state index contributed by atoms with van der Waals surface area (Å²) in [4.78, 5) is 2.54. The van der Waals surface area contributed by atoms with E-state index in [1.54, 1.807) is 26.4 Å². The second-order valence-electron chi connectivity index (χ2n) is 7.42. The summed E-state index contributed by atoms with van der Waals surface area (Å²) in [5.74, 6) is 2.11. The predicted octanol–water partition coefficient (Wildman–Crippen LogP) is 4.60.